The van der Waals surface area contributed by atoms with Gasteiger partial charge in [0.25, 0.3) is 0 Å². The van der Waals surface area contributed by atoms with Crippen LogP contribution in [0, 0.1) is 6.92 Å². The minimum atomic E-state index is -3.59. The van der Waals surface area contributed by atoms with E-state index in [0.29, 0.717) is 11.3 Å². The molecule has 18 heavy (non-hydrogen) atoms. The van der Waals surface area contributed by atoms with Gasteiger partial charge in [-0.05, 0) is 30.7 Å². The molecule has 0 aromatic heterocycles. The second kappa shape index (κ2) is 5.83. The molecule has 0 saturated heterocycles. The summed E-state index contributed by atoms with van der Waals surface area (Å²) in [6, 6.07) is 4.48. The van der Waals surface area contributed by atoms with Crippen molar-refractivity contribution in [3.63, 3.8) is 0 Å². The molecule has 0 aliphatic rings. The van der Waals surface area contributed by atoms with Gasteiger partial charge in [0.15, 0.2) is 0 Å². The zero-order valence-electron chi connectivity index (χ0n) is 10.4. The predicted molar refractivity (Wildman–Crippen MR) is 69.5 cm³/mol. The Balaban J connectivity index is 2.74. The number of carbonyl (C=O) groups is 1. The van der Waals surface area contributed by atoms with E-state index >= 15 is 0 Å². The number of carbonyl (C=O) groups excluding carboxylic acids is 1. The molecular weight excluding hydrogens is 254 g/mol. The Bertz CT molecular complexity index is 540. The zero-order valence-corrected chi connectivity index (χ0v) is 11.2. The van der Waals surface area contributed by atoms with E-state index in [-0.39, 0.29) is 23.8 Å². The molecule has 1 rings (SSSR count). The number of sulfonamides is 1. The van der Waals surface area contributed by atoms with Crippen LogP contribution in [0.4, 0.5) is 5.69 Å². The Kier molecular flexibility index (Phi) is 4.69. The Hall–Kier alpha value is -1.60. The molecule has 1 aromatic rings. The topological polar surface area (TPSA) is 101 Å². The fourth-order valence-corrected chi connectivity index (χ4v) is 2.44. The van der Waals surface area contributed by atoms with E-state index in [9.17, 15) is 13.2 Å². The summed E-state index contributed by atoms with van der Waals surface area (Å²) >= 11 is 0. The fourth-order valence-electron chi connectivity index (χ4n) is 1.32. The van der Waals surface area contributed by atoms with Crippen molar-refractivity contribution in [1.82, 2.24) is 10.0 Å². The van der Waals surface area contributed by atoms with Gasteiger partial charge in [-0.1, -0.05) is 0 Å². The highest BCUT2D eigenvalue weighted by Crippen LogP contribution is 2.16. The molecule has 0 spiro atoms. The fraction of sp³-hybridized carbons (Fsp3) is 0.364. The number of anilines is 1. The molecule has 0 aliphatic heterocycles. The number of rotatable bonds is 5. The summed E-state index contributed by atoms with van der Waals surface area (Å²) in [6.07, 6.45) is 0.101. The molecule has 6 nitrogen and oxygen atoms in total. The van der Waals surface area contributed by atoms with Gasteiger partial charge in [0.05, 0.1) is 4.90 Å². The third-order valence-corrected chi connectivity index (χ3v) is 3.93. The molecule has 0 saturated carbocycles. The highest BCUT2D eigenvalue weighted by atomic mass is 32.2. The van der Waals surface area contributed by atoms with Crippen LogP contribution < -0.4 is 15.8 Å². The van der Waals surface area contributed by atoms with Crippen molar-refractivity contribution in [2.75, 3.05) is 19.3 Å². The summed E-state index contributed by atoms with van der Waals surface area (Å²) < 4.78 is 26.1. The minimum Gasteiger partial charge on any atom is -0.399 e. The lowest BCUT2D eigenvalue weighted by Gasteiger charge is -2.08. The summed E-state index contributed by atoms with van der Waals surface area (Å²) in [5.74, 6) is -0.216. The minimum absolute atomic E-state index is 0.0609. The number of nitrogen functional groups attached to an aromatic ring is 1. The molecule has 7 heteroatoms. The number of nitrogens with one attached hydrogen (secondary N) is 2. The van der Waals surface area contributed by atoms with Gasteiger partial charge in [-0.2, -0.15) is 0 Å². The molecule has 0 heterocycles. The third kappa shape index (κ3) is 3.71. The summed E-state index contributed by atoms with van der Waals surface area (Å²) in [6.45, 7) is 1.80. The number of benzene rings is 1. The van der Waals surface area contributed by atoms with Crippen molar-refractivity contribution in [3.05, 3.63) is 23.8 Å². The number of nitrogens with two attached hydrogens (primary N) is 1. The molecule has 0 fully saturated rings. The maximum absolute atomic E-state index is 11.9. The van der Waals surface area contributed by atoms with Crippen LogP contribution in [0.5, 0.6) is 0 Å². The van der Waals surface area contributed by atoms with Gasteiger partial charge in [-0.25, -0.2) is 13.1 Å². The van der Waals surface area contributed by atoms with E-state index in [0.717, 1.165) is 0 Å². The van der Waals surface area contributed by atoms with E-state index in [4.69, 9.17) is 5.73 Å². The van der Waals surface area contributed by atoms with Crippen molar-refractivity contribution in [2.24, 2.45) is 0 Å². The average molecular weight is 271 g/mol. The van der Waals surface area contributed by atoms with Gasteiger partial charge in [-0.15, -0.1) is 0 Å². The Morgan fingerprint density at radius 2 is 2.06 bits per heavy atom. The quantitative estimate of drug-likeness (QED) is 0.656. The molecule has 1 aromatic carbocycles. The zero-order chi connectivity index (χ0) is 13.8. The molecule has 1 amide bonds. The van der Waals surface area contributed by atoms with Gasteiger partial charge in [-0.3, -0.25) is 4.79 Å². The Labute approximate surface area is 107 Å². The van der Waals surface area contributed by atoms with Gasteiger partial charge in [0.1, 0.15) is 0 Å². The molecule has 0 bridgehead atoms. The average Bonchev–Trinajstić information content (AvgIpc) is 2.32. The first-order chi connectivity index (χ1) is 8.36. The lowest BCUT2D eigenvalue weighted by Crippen LogP contribution is -2.29. The maximum Gasteiger partial charge on any atom is 0.240 e. The third-order valence-electron chi connectivity index (χ3n) is 2.47. The van der Waals surface area contributed by atoms with E-state index in [2.05, 4.69) is 10.0 Å². The first-order valence-electron chi connectivity index (χ1n) is 5.43. The number of aryl methyl sites for hydroxylation is 1. The number of hydrogen-bond donors (Lipinski definition) is 3. The van der Waals surface area contributed by atoms with Gasteiger partial charge < -0.3 is 11.1 Å². The highest BCUT2D eigenvalue weighted by molar-refractivity contribution is 7.89. The monoisotopic (exact) mass is 271 g/mol. The van der Waals surface area contributed by atoms with Crippen molar-refractivity contribution < 1.29 is 13.2 Å². The Morgan fingerprint density at radius 3 is 2.61 bits per heavy atom. The molecular formula is C11H17N3O3S. The van der Waals surface area contributed by atoms with Crippen LogP contribution in [0.2, 0.25) is 0 Å². The molecule has 100 valence electrons. The maximum atomic E-state index is 11.9. The smallest absolute Gasteiger partial charge is 0.240 e. The molecule has 0 unspecified atom stereocenters. The van der Waals surface area contributed by atoms with Crippen LogP contribution in [0.3, 0.4) is 0 Å². The largest absolute Gasteiger partial charge is 0.399 e. The normalized spacial score (nSPS) is 11.2. The second-order valence-electron chi connectivity index (χ2n) is 3.84. The first kappa shape index (κ1) is 14.5. The van der Waals surface area contributed by atoms with Crippen LogP contribution in [0.1, 0.15) is 12.0 Å². The summed E-state index contributed by atoms with van der Waals surface area (Å²) in [7, 11) is -2.09. The van der Waals surface area contributed by atoms with Crippen LogP contribution in [0.25, 0.3) is 0 Å². The van der Waals surface area contributed by atoms with Crippen LogP contribution in [0.15, 0.2) is 23.1 Å². The molecule has 4 N–H and O–H groups in total. The lowest BCUT2D eigenvalue weighted by atomic mass is 10.2. The van der Waals surface area contributed by atoms with Crippen molar-refractivity contribution in [3.8, 4) is 0 Å². The summed E-state index contributed by atoms with van der Waals surface area (Å²) in [4.78, 5) is 11.1. The highest BCUT2D eigenvalue weighted by Gasteiger charge is 2.14. The van der Waals surface area contributed by atoms with E-state index < -0.39 is 10.0 Å². The molecule has 0 aliphatic carbocycles. The summed E-state index contributed by atoms with van der Waals surface area (Å²) in [5, 5.41) is 2.42. The molecule has 0 radical (unpaired) electrons. The van der Waals surface area contributed by atoms with Gasteiger partial charge in [0.2, 0.25) is 15.9 Å². The lowest BCUT2D eigenvalue weighted by molar-refractivity contribution is -0.120. The number of amides is 1. The molecule has 0 atom stereocenters. The van der Waals surface area contributed by atoms with Crippen molar-refractivity contribution >= 4 is 21.6 Å². The standard InChI is InChI=1S/C11H17N3O3S/c1-8-7-9(3-4-10(8)12)18(16,17)14-6-5-11(15)13-2/h3-4,7,14H,5-6,12H2,1-2H3,(H,13,15). The van der Waals surface area contributed by atoms with Gasteiger partial charge in [0, 0.05) is 25.7 Å². The van der Waals surface area contributed by atoms with Crippen molar-refractivity contribution in [2.45, 2.75) is 18.2 Å². The number of hydrogen-bond acceptors (Lipinski definition) is 4. The van der Waals surface area contributed by atoms with E-state index in [1.807, 2.05) is 0 Å². The van der Waals surface area contributed by atoms with E-state index in [1.165, 1.54) is 19.2 Å². The van der Waals surface area contributed by atoms with Crippen molar-refractivity contribution in [1.29, 1.82) is 0 Å². The van der Waals surface area contributed by atoms with Crippen LogP contribution >= 0.6 is 0 Å². The summed E-state index contributed by atoms with van der Waals surface area (Å²) in [5.41, 5.74) is 6.86. The SMILES string of the molecule is CNC(=O)CCNS(=O)(=O)c1ccc(N)c(C)c1. The van der Waals surface area contributed by atoms with Gasteiger partial charge >= 0.3 is 0 Å². The van der Waals surface area contributed by atoms with Crippen LogP contribution in [-0.4, -0.2) is 27.9 Å². The second-order valence-corrected chi connectivity index (χ2v) is 5.61. The first-order valence-corrected chi connectivity index (χ1v) is 6.91. The predicted octanol–water partition coefficient (Wildman–Crippen LogP) is -0.00838. The van der Waals surface area contributed by atoms with E-state index in [1.54, 1.807) is 13.0 Å². The Morgan fingerprint density at radius 1 is 1.39 bits per heavy atom. The van der Waals surface area contributed by atoms with Crippen LogP contribution in [-0.2, 0) is 14.8 Å².